The zero-order valence-electron chi connectivity index (χ0n) is 14.3. The molecule has 3 heteroatoms. The lowest BCUT2D eigenvalue weighted by molar-refractivity contribution is 0.00915. The summed E-state index contributed by atoms with van der Waals surface area (Å²) in [4.78, 5) is 18.1. The summed E-state index contributed by atoms with van der Waals surface area (Å²) in [6, 6.07) is 6.79. The molecule has 3 saturated heterocycles. The van der Waals surface area contributed by atoms with E-state index in [4.69, 9.17) is 0 Å². The predicted molar refractivity (Wildman–Crippen MR) is 94.9 cm³/mol. The van der Waals surface area contributed by atoms with Crippen LogP contribution in [0.4, 0.5) is 0 Å². The fraction of sp³-hybridized carbons (Fsp3) is 0.650. The molecule has 126 valence electrons. The van der Waals surface area contributed by atoms with E-state index in [9.17, 15) is 4.79 Å². The molecule has 4 aliphatic rings. The number of fused-ring (bicyclic) bond motifs is 4. The first kappa shape index (κ1) is 15.2. The number of hydrogen-bond donors (Lipinski definition) is 0. The lowest BCUT2D eigenvalue weighted by Crippen LogP contribution is -2.58. The molecule has 0 radical (unpaired) electrons. The zero-order chi connectivity index (χ0) is 15.8. The Morgan fingerprint density at radius 2 is 2.04 bits per heavy atom. The van der Waals surface area contributed by atoms with Gasteiger partial charge in [0.05, 0.1) is 0 Å². The Morgan fingerprint density at radius 1 is 1.26 bits per heavy atom. The van der Waals surface area contributed by atoms with Crippen molar-refractivity contribution in [3.63, 3.8) is 0 Å². The topological polar surface area (TPSA) is 23.6 Å². The van der Waals surface area contributed by atoms with Crippen molar-refractivity contribution in [3.8, 4) is 0 Å². The van der Waals surface area contributed by atoms with Crippen LogP contribution in [0.3, 0.4) is 0 Å². The van der Waals surface area contributed by atoms with Gasteiger partial charge in [-0.25, -0.2) is 0 Å². The van der Waals surface area contributed by atoms with Crippen LogP contribution in [0.25, 0.3) is 0 Å². The number of rotatable bonds is 3. The summed E-state index contributed by atoms with van der Waals surface area (Å²) in [6.07, 6.45) is 7.24. The van der Waals surface area contributed by atoms with Crippen LogP contribution in [0.1, 0.15) is 55.5 Å². The van der Waals surface area contributed by atoms with E-state index in [2.05, 4.69) is 34.9 Å². The molecule has 1 atom stereocenters. The summed E-state index contributed by atoms with van der Waals surface area (Å²) in [5, 5.41) is 0. The number of hydrogen-bond acceptors (Lipinski definition) is 2. The minimum atomic E-state index is 0. The van der Waals surface area contributed by atoms with E-state index < -0.39 is 0 Å². The van der Waals surface area contributed by atoms with Gasteiger partial charge in [0.15, 0.2) is 0 Å². The van der Waals surface area contributed by atoms with E-state index in [1.54, 1.807) is 0 Å². The van der Waals surface area contributed by atoms with Crippen molar-refractivity contribution in [3.05, 3.63) is 34.9 Å². The van der Waals surface area contributed by atoms with Crippen molar-refractivity contribution in [2.75, 3.05) is 26.2 Å². The highest BCUT2D eigenvalue weighted by Gasteiger charge is 2.39. The monoisotopic (exact) mass is 314 g/mol. The van der Waals surface area contributed by atoms with Gasteiger partial charge in [-0.1, -0.05) is 12.1 Å². The SMILES string of the molecule is CCN(C(=O)c1cccc2c1CCCC2)C1CN2CCC1CC2.[HH]. The van der Waals surface area contributed by atoms with Crippen molar-refractivity contribution < 1.29 is 6.22 Å². The number of aryl methyl sites for hydroxylation is 1. The van der Waals surface area contributed by atoms with Crippen LogP contribution >= 0.6 is 0 Å². The number of carbonyl (C=O) groups is 1. The quantitative estimate of drug-likeness (QED) is 0.854. The van der Waals surface area contributed by atoms with E-state index in [1.165, 1.54) is 49.9 Å². The van der Waals surface area contributed by atoms with E-state index in [0.717, 1.165) is 31.5 Å². The van der Waals surface area contributed by atoms with Crippen LogP contribution in [-0.4, -0.2) is 47.9 Å². The summed E-state index contributed by atoms with van der Waals surface area (Å²) >= 11 is 0. The molecule has 0 aromatic heterocycles. The van der Waals surface area contributed by atoms with Gasteiger partial charge >= 0.3 is 0 Å². The molecule has 23 heavy (non-hydrogen) atoms. The van der Waals surface area contributed by atoms with Gasteiger partial charge in [0.25, 0.3) is 5.91 Å². The Labute approximate surface area is 141 Å². The summed E-state index contributed by atoms with van der Waals surface area (Å²) in [5.74, 6) is 0.994. The maximum Gasteiger partial charge on any atom is 0.254 e. The van der Waals surface area contributed by atoms with Gasteiger partial charge in [-0.15, -0.1) is 0 Å². The fourth-order valence-corrected chi connectivity index (χ4v) is 4.95. The molecule has 0 spiro atoms. The number of nitrogens with zero attached hydrogens (tertiary/aromatic N) is 2. The Bertz CT molecular complexity index is 595. The molecule has 1 aromatic carbocycles. The first-order valence-corrected chi connectivity index (χ1v) is 9.42. The number of benzene rings is 1. The fourth-order valence-electron chi connectivity index (χ4n) is 4.95. The highest BCUT2D eigenvalue weighted by atomic mass is 16.2. The molecule has 1 unspecified atom stereocenters. The Morgan fingerprint density at radius 3 is 2.74 bits per heavy atom. The lowest BCUT2D eigenvalue weighted by Gasteiger charge is -2.49. The molecule has 3 fully saturated rings. The molecule has 1 aliphatic carbocycles. The largest absolute Gasteiger partial charge is 0.334 e. The van der Waals surface area contributed by atoms with Crippen LogP contribution in [0.5, 0.6) is 0 Å². The second-order valence-corrected chi connectivity index (χ2v) is 7.45. The molecule has 1 amide bonds. The van der Waals surface area contributed by atoms with E-state index in [-0.39, 0.29) is 7.33 Å². The third kappa shape index (κ3) is 2.69. The molecule has 0 saturated carbocycles. The van der Waals surface area contributed by atoms with Crippen molar-refractivity contribution in [2.24, 2.45) is 5.92 Å². The van der Waals surface area contributed by atoms with Crippen LogP contribution in [0.2, 0.25) is 0 Å². The number of likely N-dealkylation sites (N-methyl/N-ethyl adjacent to an activating group) is 1. The number of piperidine rings is 3. The summed E-state index contributed by atoms with van der Waals surface area (Å²) in [6.45, 7) is 6.52. The molecule has 0 N–H and O–H groups in total. The normalized spacial score (nSPS) is 29.2. The van der Waals surface area contributed by atoms with Gasteiger partial charge in [-0.05, 0) is 81.6 Å². The molecule has 3 aliphatic heterocycles. The van der Waals surface area contributed by atoms with Crippen LogP contribution in [0, 0.1) is 5.92 Å². The number of carbonyl (C=O) groups excluding carboxylic acids is 1. The first-order valence-electron chi connectivity index (χ1n) is 9.42. The average Bonchev–Trinajstić information content (AvgIpc) is 2.63. The third-order valence-corrected chi connectivity index (χ3v) is 6.25. The maximum absolute atomic E-state index is 13.3. The van der Waals surface area contributed by atoms with E-state index >= 15 is 0 Å². The highest BCUT2D eigenvalue weighted by molar-refractivity contribution is 5.96. The summed E-state index contributed by atoms with van der Waals surface area (Å²) in [7, 11) is 0. The first-order chi connectivity index (χ1) is 11.3. The van der Waals surface area contributed by atoms with Crippen molar-refractivity contribution in [1.82, 2.24) is 9.80 Å². The second-order valence-electron chi connectivity index (χ2n) is 7.45. The molecular weight excluding hydrogens is 284 g/mol. The Kier molecular flexibility index (Phi) is 4.14. The minimum absolute atomic E-state index is 0. The van der Waals surface area contributed by atoms with Crippen molar-refractivity contribution in [2.45, 2.75) is 51.5 Å². The molecule has 2 bridgehead atoms. The second kappa shape index (κ2) is 6.27. The van der Waals surface area contributed by atoms with Gasteiger partial charge < -0.3 is 9.80 Å². The standard InChI is InChI=1S/C20H28N2O.H2/c1-2-22(19-14-21-12-10-16(19)11-13-21)20(23)18-9-5-7-15-6-3-4-8-17(15)18;/h5,7,9,16,19H,2-4,6,8,10-14H2,1H3;1H. The Balaban J connectivity index is 0.00000169. The average molecular weight is 314 g/mol. The van der Waals surface area contributed by atoms with Gasteiger partial charge in [-0.3, -0.25) is 4.79 Å². The van der Waals surface area contributed by atoms with E-state index in [1.807, 2.05) is 0 Å². The van der Waals surface area contributed by atoms with Gasteiger partial charge in [0, 0.05) is 26.1 Å². The molecule has 1 aromatic rings. The number of amides is 1. The van der Waals surface area contributed by atoms with Crippen LogP contribution in [-0.2, 0) is 12.8 Å². The van der Waals surface area contributed by atoms with Gasteiger partial charge in [0.1, 0.15) is 0 Å². The highest BCUT2D eigenvalue weighted by Crippen LogP contribution is 2.33. The summed E-state index contributed by atoms with van der Waals surface area (Å²) < 4.78 is 0. The Hall–Kier alpha value is -1.35. The smallest absolute Gasteiger partial charge is 0.254 e. The van der Waals surface area contributed by atoms with Crippen LogP contribution in [0.15, 0.2) is 18.2 Å². The molecule has 3 heterocycles. The lowest BCUT2D eigenvalue weighted by atomic mass is 9.82. The van der Waals surface area contributed by atoms with Crippen LogP contribution < -0.4 is 0 Å². The maximum atomic E-state index is 13.3. The third-order valence-electron chi connectivity index (χ3n) is 6.25. The van der Waals surface area contributed by atoms with Gasteiger partial charge in [-0.2, -0.15) is 0 Å². The summed E-state index contributed by atoms with van der Waals surface area (Å²) in [5.41, 5.74) is 3.73. The van der Waals surface area contributed by atoms with Crippen molar-refractivity contribution in [1.29, 1.82) is 0 Å². The predicted octanol–water partition coefficient (Wildman–Crippen LogP) is 3.37. The minimum Gasteiger partial charge on any atom is -0.334 e. The van der Waals surface area contributed by atoms with E-state index in [0.29, 0.717) is 12.0 Å². The molecule has 5 rings (SSSR count). The molecular formula is C20H30N2O. The molecule has 3 nitrogen and oxygen atoms in total. The zero-order valence-corrected chi connectivity index (χ0v) is 14.3. The van der Waals surface area contributed by atoms with Gasteiger partial charge in [0.2, 0.25) is 0 Å². The van der Waals surface area contributed by atoms with Crippen molar-refractivity contribution >= 4 is 5.91 Å².